The minimum Gasteiger partial charge on any atom is -0.303 e. The Morgan fingerprint density at radius 3 is 2.43 bits per heavy atom. The van der Waals surface area contributed by atoms with Gasteiger partial charge in [-0.25, -0.2) is 0 Å². The molecule has 2 rings (SSSR count). The molecule has 110 valence electrons. The molecule has 2 aromatic carbocycles. The van der Waals surface area contributed by atoms with Crippen LogP contribution in [0.3, 0.4) is 0 Å². The summed E-state index contributed by atoms with van der Waals surface area (Å²) in [6.45, 7) is 6.08. The first kappa shape index (κ1) is 15.2. The number of para-hydroxylation sites is 1. The van der Waals surface area contributed by atoms with E-state index in [-0.39, 0.29) is 22.7 Å². The normalized spacial score (nSPS) is 13.7. The zero-order valence-electron chi connectivity index (χ0n) is 12.5. The largest absolute Gasteiger partial charge is 0.303 e. The number of hydrogen-bond acceptors (Lipinski definition) is 3. The molecule has 1 N–H and O–H groups in total. The van der Waals surface area contributed by atoms with Crippen molar-refractivity contribution in [2.45, 2.75) is 32.9 Å². The predicted octanol–water partition coefficient (Wildman–Crippen LogP) is 4.32. The highest BCUT2D eigenvalue weighted by Gasteiger charge is 2.19. The van der Waals surface area contributed by atoms with Crippen LogP contribution < -0.4 is 5.32 Å². The predicted molar refractivity (Wildman–Crippen MR) is 84.2 cm³/mol. The summed E-state index contributed by atoms with van der Waals surface area (Å²) >= 11 is 0. The SMILES string of the molecule is Cc1cccc([C@@H](C)NC(C)c2ccccc2[N+](=O)[O-])c1. The van der Waals surface area contributed by atoms with Crippen molar-refractivity contribution in [1.82, 2.24) is 5.32 Å². The lowest BCUT2D eigenvalue weighted by molar-refractivity contribution is -0.385. The Bertz CT molecular complexity index is 640. The van der Waals surface area contributed by atoms with Crippen molar-refractivity contribution in [3.05, 3.63) is 75.3 Å². The van der Waals surface area contributed by atoms with Gasteiger partial charge in [0.2, 0.25) is 0 Å². The van der Waals surface area contributed by atoms with Gasteiger partial charge in [-0.05, 0) is 26.3 Å². The minimum atomic E-state index is -0.329. The van der Waals surface area contributed by atoms with Gasteiger partial charge in [0, 0.05) is 23.7 Å². The highest BCUT2D eigenvalue weighted by molar-refractivity contribution is 5.42. The van der Waals surface area contributed by atoms with E-state index in [1.807, 2.05) is 19.1 Å². The number of aryl methyl sites for hydroxylation is 1. The highest BCUT2D eigenvalue weighted by Crippen LogP contribution is 2.26. The van der Waals surface area contributed by atoms with Crippen LogP contribution in [0.4, 0.5) is 5.69 Å². The highest BCUT2D eigenvalue weighted by atomic mass is 16.6. The van der Waals surface area contributed by atoms with Gasteiger partial charge in [-0.15, -0.1) is 0 Å². The van der Waals surface area contributed by atoms with Gasteiger partial charge in [0.15, 0.2) is 0 Å². The lowest BCUT2D eigenvalue weighted by atomic mass is 10.0. The zero-order valence-corrected chi connectivity index (χ0v) is 12.5. The van der Waals surface area contributed by atoms with Crippen LogP contribution in [0, 0.1) is 17.0 Å². The first-order valence-electron chi connectivity index (χ1n) is 7.05. The van der Waals surface area contributed by atoms with Gasteiger partial charge in [-0.2, -0.15) is 0 Å². The Morgan fingerprint density at radius 1 is 1.05 bits per heavy atom. The molecule has 0 aliphatic heterocycles. The first-order chi connectivity index (χ1) is 9.99. The number of nitrogens with one attached hydrogen (secondary N) is 1. The fraction of sp³-hybridized carbons (Fsp3) is 0.294. The standard InChI is InChI=1S/C17H20N2O2/c1-12-7-6-8-15(11-12)13(2)18-14(3)16-9-4-5-10-17(16)19(20)21/h4-11,13-14,18H,1-3H3/t13-,14?/m1/s1. The third kappa shape index (κ3) is 3.67. The van der Waals surface area contributed by atoms with Gasteiger partial charge < -0.3 is 5.32 Å². The molecule has 0 aliphatic rings. The number of hydrogen-bond donors (Lipinski definition) is 1. The van der Waals surface area contributed by atoms with Crippen molar-refractivity contribution in [1.29, 1.82) is 0 Å². The van der Waals surface area contributed by atoms with Crippen molar-refractivity contribution in [3.63, 3.8) is 0 Å². The maximum absolute atomic E-state index is 11.1. The summed E-state index contributed by atoms with van der Waals surface area (Å²) in [5.74, 6) is 0. The Balaban J connectivity index is 2.18. The Morgan fingerprint density at radius 2 is 1.76 bits per heavy atom. The third-order valence-corrected chi connectivity index (χ3v) is 3.64. The number of nitro groups is 1. The summed E-state index contributed by atoms with van der Waals surface area (Å²) in [6, 6.07) is 15.2. The molecule has 0 aromatic heterocycles. The summed E-state index contributed by atoms with van der Waals surface area (Å²) in [5, 5.41) is 14.5. The average Bonchev–Trinajstić information content (AvgIpc) is 2.47. The number of rotatable bonds is 5. The van der Waals surface area contributed by atoms with Gasteiger partial charge in [-0.1, -0.05) is 48.0 Å². The van der Waals surface area contributed by atoms with E-state index in [2.05, 4.69) is 37.4 Å². The van der Waals surface area contributed by atoms with E-state index in [1.54, 1.807) is 18.2 Å². The number of nitro benzene ring substituents is 1. The quantitative estimate of drug-likeness (QED) is 0.657. The summed E-state index contributed by atoms with van der Waals surface area (Å²) in [6.07, 6.45) is 0. The van der Waals surface area contributed by atoms with E-state index in [0.717, 1.165) is 0 Å². The monoisotopic (exact) mass is 284 g/mol. The molecule has 1 unspecified atom stereocenters. The van der Waals surface area contributed by atoms with Gasteiger partial charge in [-0.3, -0.25) is 10.1 Å². The van der Waals surface area contributed by atoms with Gasteiger partial charge in [0.25, 0.3) is 5.69 Å². The van der Waals surface area contributed by atoms with E-state index in [1.165, 1.54) is 11.1 Å². The molecule has 0 saturated carbocycles. The molecular formula is C17H20N2O2. The number of nitrogens with zero attached hydrogens (tertiary/aromatic N) is 1. The molecule has 0 heterocycles. The van der Waals surface area contributed by atoms with E-state index in [9.17, 15) is 10.1 Å². The van der Waals surface area contributed by atoms with Crippen LogP contribution >= 0.6 is 0 Å². The summed E-state index contributed by atoms with van der Waals surface area (Å²) < 4.78 is 0. The molecule has 0 fully saturated rings. The molecule has 2 aromatic rings. The molecule has 4 heteroatoms. The maximum atomic E-state index is 11.1. The van der Waals surface area contributed by atoms with Crippen LogP contribution in [0.5, 0.6) is 0 Å². The number of benzene rings is 2. The molecular weight excluding hydrogens is 264 g/mol. The lowest BCUT2D eigenvalue weighted by Crippen LogP contribution is -2.23. The smallest absolute Gasteiger partial charge is 0.274 e. The van der Waals surface area contributed by atoms with Crippen molar-refractivity contribution in [2.24, 2.45) is 0 Å². The third-order valence-electron chi connectivity index (χ3n) is 3.64. The van der Waals surface area contributed by atoms with Crippen LogP contribution in [0.25, 0.3) is 0 Å². The Labute approximate surface area is 125 Å². The Kier molecular flexibility index (Phi) is 4.70. The molecule has 0 saturated heterocycles. The van der Waals surface area contributed by atoms with Crippen LogP contribution in [0.2, 0.25) is 0 Å². The minimum absolute atomic E-state index is 0.0953. The van der Waals surface area contributed by atoms with E-state index >= 15 is 0 Å². The molecule has 4 nitrogen and oxygen atoms in total. The van der Waals surface area contributed by atoms with Crippen molar-refractivity contribution in [3.8, 4) is 0 Å². The maximum Gasteiger partial charge on any atom is 0.274 e. The van der Waals surface area contributed by atoms with Crippen LogP contribution in [0.15, 0.2) is 48.5 Å². The second kappa shape index (κ2) is 6.50. The summed E-state index contributed by atoms with van der Waals surface area (Å²) in [7, 11) is 0. The molecule has 0 aliphatic carbocycles. The van der Waals surface area contributed by atoms with Gasteiger partial charge >= 0.3 is 0 Å². The van der Waals surface area contributed by atoms with E-state index in [0.29, 0.717) is 5.56 Å². The van der Waals surface area contributed by atoms with Crippen molar-refractivity contribution >= 4 is 5.69 Å². The second-order valence-electron chi connectivity index (χ2n) is 5.34. The van der Waals surface area contributed by atoms with Crippen molar-refractivity contribution in [2.75, 3.05) is 0 Å². The molecule has 2 atom stereocenters. The molecule has 0 bridgehead atoms. The first-order valence-corrected chi connectivity index (χ1v) is 7.05. The van der Waals surface area contributed by atoms with E-state index < -0.39 is 0 Å². The van der Waals surface area contributed by atoms with Crippen LogP contribution in [-0.2, 0) is 0 Å². The fourth-order valence-electron chi connectivity index (χ4n) is 2.52. The average molecular weight is 284 g/mol. The lowest BCUT2D eigenvalue weighted by Gasteiger charge is -2.21. The van der Waals surface area contributed by atoms with Gasteiger partial charge in [0.05, 0.1) is 4.92 Å². The molecule has 0 radical (unpaired) electrons. The molecule has 0 amide bonds. The van der Waals surface area contributed by atoms with Crippen LogP contribution in [-0.4, -0.2) is 4.92 Å². The topological polar surface area (TPSA) is 55.2 Å². The molecule has 0 spiro atoms. The van der Waals surface area contributed by atoms with Gasteiger partial charge in [0.1, 0.15) is 0 Å². The Hall–Kier alpha value is -2.20. The summed E-state index contributed by atoms with van der Waals surface area (Å²) in [5.41, 5.74) is 3.26. The van der Waals surface area contributed by atoms with Crippen LogP contribution in [0.1, 0.15) is 42.6 Å². The van der Waals surface area contributed by atoms with E-state index in [4.69, 9.17) is 0 Å². The fourth-order valence-corrected chi connectivity index (χ4v) is 2.52. The molecule has 21 heavy (non-hydrogen) atoms. The second-order valence-corrected chi connectivity index (χ2v) is 5.34. The van der Waals surface area contributed by atoms with Crippen molar-refractivity contribution < 1.29 is 4.92 Å². The zero-order chi connectivity index (χ0) is 15.4. The summed E-state index contributed by atoms with van der Waals surface area (Å²) in [4.78, 5) is 10.8.